The number of esters is 1. The highest BCUT2D eigenvalue weighted by molar-refractivity contribution is 5.89. The molecule has 128 valence electrons. The summed E-state index contributed by atoms with van der Waals surface area (Å²) in [6, 6.07) is 13.2. The molecule has 0 saturated heterocycles. The van der Waals surface area contributed by atoms with Crippen molar-refractivity contribution in [2.45, 2.75) is 6.18 Å². The zero-order valence-electron chi connectivity index (χ0n) is 13.1. The van der Waals surface area contributed by atoms with Crippen molar-refractivity contribution < 1.29 is 22.7 Å². The Morgan fingerprint density at radius 1 is 1.00 bits per heavy atom. The van der Waals surface area contributed by atoms with Gasteiger partial charge in [-0.05, 0) is 35.9 Å². The summed E-state index contributed by atoms with van der Waals surface area (Å²) < 4.78 is 42.5. The van der Waals surface area contributed by atoms with Crippen LogP contribution in [0.25, 0.3) is 22.5 Å². The van der Waals surface area contributed by atoms with Crippen LogP contribution >= 0.6 is 0 Å². The molecule has 0 aliphatic carbocycles. The minimum Gasteiger partial charge on any atom is -0.465 e. The fourth-order valence-electron chi connectivity index (χ4n) is 2.35. The highest BCUT2D eigenvalue weighted by atomic mass is 19.4. The van der Waals surface area contributed by atoms with Crippen molar-refractivity contribution in [1.29, 1.82) is 0 Å². The molecule has 0 unspecified atom stereocenters. The first kappa shape index (κ1) is 16.8. The largest absolute Gasteiger partial charge is 0.465 e. The summed E-state index contributed by atoms with van der Waals surface area (Å²) in [6.45, 7) is 0. The molecule has 1 aromatic heterocycles. The molecule has 0 fully saturated rings. The summed E-state index contributed by atoms with van der Waals surface area (Å²) >= 11 is 0. The molecule has 3 aromatic rings. The number of nitrogens with one attached hydrogen (secondary N) is 1. The molecule has 2 aromatic carbocycles. The number of H-pyrrole nitrogens is 1. The molecular formula is C18H13F3N2O2. The summed E-state index contributed by atoms with van der Waals surface area (Å²) in [7, 11) is 1.31. The fraction of sp³-hybridized carbons (Fsp3) is 0.111. The number of ether oxygens (including phenoxy) is 1. The molecule has 0 atom stereocenters. The number of hydrogen-bond donors (Lipinski definition) is 1. The lowest BCUT2D eigenvalue weighted by Gasteiger charge is -2.06. The first-order chi connectivity index (χ1) is 11.9. The van der Waals surface area contributed by atoms with Gasteiger partial charge in [-0.3, -0.25) is 5.10 Å². The number of carbonyl (C=O) groups is 1. The number of halogens is 3. The van der Waals surface area contributed by atoms with Crippen molar-refractivity contribution >= 4 is 5.97 Å². The topological polar surface area (TPSA) is 55.0 Å². The number of nitrogens with zero attached hydrogens (tertiary/aromatic N) is 1. The van der Waals surface area contributed by atoms with Crippen LogP contribution in [0, 0.1) is 0 Å². The molecule has 0 aliphatic rings. The Kier molecular flexibility index (Phi) is 4.31. The van der Waals surface area contributed by atoms with E-state index >= 15 is 0 Å². The number of rotatable bonds is 3. The quantitative estimate of drug-likeness (QED) is 0.708. The van der Waals surface area contributed by atoms with Crippen LogP contribution in [0.3, 0.4) is 0 Å². The molecule has 1 N–H and O–H groups in total. The van der Waals surface area contributed by atoms with Gasteiger partial charge < -0.3 is 4.74 Å². The molecule has 25 heavy (non-hydrogen) atoms. The van der Waals surface area contributed by atoms with Gasteiger partial charge in [-0.15, -0.1) is 0 Å². The SMILES string of the molecule is COC(=O)c1ccc(-c2cc(-c3ccc(C(F)(F)F)cc3)[nH]n2)cc1. The molecule has 0 saturated carbocycles. The normalized spacial score (nSPS) is 11.4. The van der Waals surface area contributed by atoms with E-state index in [0.29, 0.717) is 22.5 Å². The van der Waals surface area contributed by atoms with E-state index in [-0.39, 0.29) is 0 Å². The molecule has 1 heterocycles. The summed E-state index contributed by atoms with van der Waals surface area (Å²) in [5.74, 6) is -0.431. The van der Waals surface area contributed by atoms with E-state index in [1.807, 2.05) is 0 Å². The van der Waals surface area contributed by atoms with Crippen LogP contribution in [0.15, 0.2) is 54.6 Å². The van der Waals surface area contributed by atoms with E-state index in [2.05, 4.69) is 14.9 Å². The average molecular weight is 346 g/mol. The Balaban J connectivity index is 1.84. The maximum Gasteiger partial charge on any atom is 0.416 e. The molecule has 0 radical (unpaired) electrons. The zero-order valence-corrected chi connectivity index (χ0v) is 13.1. The van der Waals surface area contributed by atoms with E-state index in [9.17, 15) is 18.0 Å². The van der Waals surface area contributed by atoms with Crippen molar-refractivity contribution in [1.82, 2.24) is 10.2 Å². The van der Waals surface area contributed by atoms with Crippen LogP contribution in [-0.2, 0) is 10.9 Å². The third kappa shape index (κ3) is 3.55. The van der Waals surface area contributed by atoms with Gasteiger partial charge in [0.15, 0.2) is 0 Å². The van der Waals surface area contributed by atoms with Crippen LogP contribution in [0.2, 0.25) is 0 Å². The lowest BCUT2D eigenvalue weighted by atomic mass is 10.1. The van der Waals surface area contributed by atoms with E-state index < -0.39 is 17.7 Å². The predicted octanol–water partition coefficient (Wildman–Crippen LogP) is 4.55. The number of hydrogen-bond acceptors (Lipinski definition) is 3. The number of aromatic nitrogens is 2. The molecule has 0 bridgehead atoms. The maximum absolute atomic E-state index is 12.6. The number of methoxy groups -OCH3 is 1. The van der Waals surface area contributed by atoms with Gasteiger partial charge in [0.05, 0.1) is 29.6 Å². The van der Waals surface area contributed by atoms with E-state index in [1.54, 1.807) is 30.3 Å². The molecule has 4 nitrogen and oxygen atoms in total. The van der Waals surface area contributed by atoms with Gasteiger partial charge >= 0.3 is 12.1 Å². The highest BCUT2D eigenvalue weighted by Gasteiger charge is 2.30. The number of carbonyl (C=O) groups excluding carboxylic acids is 1. The van der Waals surface area contributed by atoms with Crippen molar-refractivity contribution in [2.75, 3.05) is 7.11 Å². The Morgan fingerprint density at radius 3 is 2.16 bits per heavy atom. The number of alkyl halides is 3. The minimum absolute atomic E-state index is 0.421. The van der Waals surface area contributed by atoms with Crippen LogP contribution in [-0.4, -0.2) is 23.3 Å². The van der Waals surface area contributed by atoms with Gasteiger partial charge in [0.1, 0.15) is 0 Å². The third-order valence-electron chi connectivity index (χ3n) is 3.70. The van der Waals surface area contributed by atoms with Gasteiger partial charge in [0, 0.05) is 5.56 Å². The smallest absolute Gasteiger partial charge is 0.416 e. The van der Waals surface area contributed by atoms with Gasteiger partial charge in [0.2, 0.25) is 0 Å². The second-order valence-corrected chi connectivity index (χ2v) is 5.31. The highest BCUT2D eigenvalue weighted by Crippen LogP contribution is 2.31. The molecule has 7 heteroatoms. The van der Waals surface area contributed by atoms with E-state index in [4.69, 9.17) is 0 Å². The van der Waals surface area contributed by atoms with Crippen LogP contribution in [0.4, 0.5) is 13.2 Å². The fourth-order valence-corrected chi connectivity index (χ4v) is 2.35. The monoisotopic (exact) mass is 346 g/mol. The molecule has 3 rings (SSSR count). The van der Waals surface area contributed by atoms with Crippen molar-refractivity contribution in [3.8, 4) is 22.5 Å². The van der Waals surface area contributed by atoms with Crippen molar-refractivity contribution in [2.24, 2.45) is 0 Å². The first-order valence-corrected chi connectivity index (χ1v) is 7.30. The summed E-state index contributed by atoms with van der Waals surface area (Å²) in [6.07, 6.45) is -4.36. The summed E-state index contributed by atoms with van der Waals surface area (Å²) in [4.78, 5) is 11.4. The standard InChI is InChI=1S/C18H13F3N2O2/c1-25-17(24)13-4-2-11(3-5-13)15-10-16(23-22-15)12-6-8-14(9-7-12)18(19,20)21/h2-10H,1H3,(H,22,23). The first-order valence-electron chi connectivity index (χ1n) is 7.30. The third-order valence-corrected chi connectivity index (χ3v) is 3.70. The average Bonchev–Trinajstić information content (AvgIpc) is 3.10. The lowest BCUT2D eigenvalue weighted by Crippen LogP contribution is -2.03. The van der Waals surface area contributed by atoms with Crippen molar-refractivity contribution in [3.63, 3.8) is 0 Å². The Labute approximate surface area is 141 Å². The van der Waals surface area contributed by atoms with Gasteiger partial charge in [-0.1, -0.05) is 24.3 Å². The van der Waals surface area contributed by atoms with Crippen LogP contribution in [0.1, 0.15) is 15.9 Å². The van der Waals surface area contributed by atoms with Gasteiger partial charge in [0.25, 0.3) is 0 Å². The number of aromatic amines is 1. The predicted molar refractivity (Wildman–Crippen MR) is 85.8 cm³/mol. The molecule has 0 spiro atoms. The van der Waals surface area contributed by atoms with Crippen LogP contribution in [0.5, 0.6) is 0 Å². The second-order valence-electron chi connectivity index (χ2n) is 5.31. The molecular weight excluding hydrogens is 333 g/mol. The Morgan fingerprint density at radius 2 is 1.60 bits per heavy atom. The lowest BCUT2D eigenvalue weighted by molar-refractivity contribution is -0.137. The number of benzene rings is 2. The van der Waals surface area contributed by atoms with Gasteiger partial charge in [-0.2, -0.15) is 18.3 Å². The molecule has 0 aliphatic heterocycles. The van der Waals surface area contributed by atoms with Crippen LogP contribution < -0.4 is 0 Å². The van der Waals surface area contributed by atoms with Gasteiger partial charge in [-0.25, -0.2) is 4.79 Å². The Hall–Kier alpha value is -3.09. The molecule has 0 amide bonds. The maximum atomic E-state index is 12.6. The summed E-state index contributed by atoms with van der Waals surface area (Å²) in [5, 5.41) is 6.97. The zero-order chi connectivity index (χ0) is 18.0. The van der Waals surface area contributed by atoms with E-state index in [0.717, 1.165) is 17.7 Å². The van der Waals surface area contributed by atoms with Crippen molar-refractivity contribution in [3.05, 3.63) is 65.7 Å². The minimum atomic E-state index is -4.36. The van der Waals surface area contributed by atoms with E-state index in [1.165, 1.54) is 19.2 Å². The summed E-state index contributed by atoms with van der Waals surface area (Å²) in [5.41, 5.74) is 2.30. The second kappa shape index (κ2) is 6.43. The Bertz CT molecular complexity index is 882.